The smallest absolute Gasteiger partial charge is 0.258 e. The van der Waals surface area contributed by atoms with Gasteiger partial charge in [0.05, 0.1) is 0 Å². The van der Waals surface area contributed by atoms with Gasteiger partial charge in [-0.2, -0.15) is 0 Å². The fourth-order valence-electron chi connectivity index (χ4n) is 2.29. The van der Waals surface area contributed by atoms with E-state index in [2.05, 4.69) is 17.6 Å². The molecule has 19 heavy (non-hydrogen) atoms. The van der Waals surface area contributed by atoms with E-state index in [1.807, 2.05) is 0 Å². The standard InChI is InChI=1S/C14H19FN2O2/c1-9-5-6-10(7-16-9)8-17-14(19)13-11(15)3-2-4-12(13)18/h2-4,9-10,16,18H,5-8H2,1H3,(H,17,19). The number of halogens is 1. The van der Waals surface area contributed by atoms with Gasteiger partial charge in [-0.1, -0.05) is 6.07 Å². The summed E-state index contributed by atoms with van der Waals surface area (Å²) in [5, 5.41) is 15.6. The van der Waals surface area contributed by atoms with Gasteiger partial charge in [-0.05, 0) is 44.4 Å². The van der Waals surface area contributed by atoms with E-state index < -0.39 is 11.7 Å². The average molecular weight is 266 g/mol. The van der Waals surface area contributed by atoms with Crippen molar-refractivity contribution >= 4 is 5.91 Å². The van der Waals surface area contributed by atoms with Gasteiger partial charge in [0, 0.05) is 12.6 Å². The van der Waals surface area contributed by atoms with Crippen LogP contribution in [0.25, 0.3) is 0 Å². The van der Waals surface area contributed by atoms with Crippen LogP contribution in [0, 0.1) is 11.7 Å². The number of carbonyl (C=O) groups is 1. The van der Waals surface area contributed by atoms with Gasteiger partial charge in [0.25, 0.3) is 5.91 Å². The van der Waals surface area contributed by atoms with Gasteiger partial charge in [-0.3, -0.25) is 4.79 Å². The molecule has 2 rings (SSSR count). The van der Waals surface area contributed by atoms with Gasteiger partial charge in [0.15, 0.2) is 0 Å². The predicted octanol–water partition coefficient (Wildman–Crippen LogP) is 1.65. The zero-order chi connectivity index (χ0) is 13.8. The Morgan fingerprint density at radius 2 is 2.32 bits per heavy atom. The summed E-state index contributed by atoms with van der Waals surface area (Å²) in [5.74, 6) is -1.23. The lowest BCUT2D eigenvalue weighted by atomic mass is 9.95. The molecule has 1 aliphatic heterocycles. The van der Waals surface area contributed by atoms with Gasteiger partial charge in [0.1, 0.15) is 17.1 Å². The van der Waals surface area contributed by atoms with E-state index in [0.717, 1.165) is 19.4 Å². The number of hydrogen-bond acceptors (Lipinski definition) is 3. The Labute approximate surface area is 112 Å². The molecular weight excluding hydrogens is 247 g/mol. The monoisotopic (exact) mass is 266 g/mol. The van der Waals surface area contributed by atoms with Crippen molar-refractivity contribution in [2.75, 3.05) is 13.1 Å². The van der Waals surface area contributed by atoms with E-state index in [0.29, 0.717) is 18.5 Å². The van der Waals surface area contributed by atoms with Crippen LogP contribution >= 0.6 is 0 Å². The van der Waals surface area contributed by atoms with Crippen LogP contribution in [0.5, 0.6) is 5.75 Å². The first-order valence-corrected chi connectivity index (χ1v) is 6.57. The summed E-state index contributed by atoms with van der Waals surface area (Å²) < 4.78 is 13.5. The van der Waals surface area contributed by atoms with Gasteiger partial charge in [0.2, 0.25) is 0 Å². The molecule has 0 bridgehead atoms. The van der Waals surface area contributed by atoms with Gasteiger partial charge in [-0.15, -0.1) is 0 Å². The Morgan fingerprint density at radius 1 is 1.53 bits per heavy atom. The van der Waals surface area contributed by atoms with E-state index in [4.69, 9.17) is 0 Å². The molecule has 0 spiro atoms. The van der Waals surface area contributed by atoms with Gasteiger partial charge >= 0.3 is 0 Å². The summed E-state index contributed by atoms with van der Waals surface area (Å²) in [7, 11) is 0. The third-order valence-electron chi connectivity index (χ3n) is 3.53. The highest BCUT2D eigenvalue weighted by atomic mass is 19.1. The topological polar surface area (TPSA) is 61.4 Å². The molecule has 1 fully saturated rings. The zero-order valence-electron chi connectivity index (χ0n) is 10.9. The Kier molecular flexibility index (Phi) is 4.37. The summed E-state index contributed by atoms with van der Waals surface area (Å²) in [6, 6.07) is 4.36. The summed E-state index contributed by atoms with van der Waals surface area (Å²) >= 11 is 0. The third-order valence-corrected chi connectivity index (χ3v) is 3.53. The van der Waals surface area contributed by atoms with Crippen LogP contribution in [0.3, 0.4) is 0 Å². The molecule has 2 atom stereocenters. The van der Waals surface area contributed by atoms with Crippen LogP contribution in [-0.4, -0.2) is 30.1 Å². The molecule has 1 heterocycles. The molecule has 1 aliphatic rings. The average Bonchev–Trinajstić information content (AvgIpc) is 2.38. The fourth-order valence-corrected chi connectivity index (χ4v) is 2.29. The number of hydrogen-bond donors (Lipinski definition) is 3. The lowest BCUT2D eigenvalue weighted by molar-refractivity contribution is 0.0937. The van der Waals surface area contributed by atoms with Crippen LogP contribution < -0.4 is 10.6 Å². The van der Waals surface area contributed by atoms with Crippen molar-refractivity contribution in [3.05, 3.63) is 29.6 Å². The largest absolute Gasteiger partial charge is 0.507 e. The minimum absolute atomic E-state index is 0.278. The van der Waals surface area contributed by atoms with Crippen molar-refractivity contribution in [3.8, 4) is 5.75 Å². The number of nitrogens with one attached hydrogen (secondary N) is 2. The van der Waals surface area contributed by atoms with Gasteiger partial charge < -0.3 is 15.7 Å². The first kappa shape index (κ1) is 13.8. The maximum absolute atomic E-state index is 13.5. The molecule has 5 heteroatoms. The minimum Gasteiger partial charge on any atom is -0.507 e. The lowest BCUT2D eigenvalue weighted by Crippen LogP contribution is -2.42. The number of phenols is 1. The summed E-state index contributed by atoms with van der Waals surface area (Å²) in [6.45, 7) is 3.48. The van der Waals surface area contributed by atoms with E-state index in [1.54, 1.807) is 0 Å². The zero-order valence-corrected chi connectivity index (χ0v) is 10.9. The molecule has 1 aromatic rings. The van der Waals surface area contributed by atoms with Crippen molar-refractivity contribution in [3.63, 3.8) is 0 Å². The number of benzene rings is 1. The second kappa shape index (κ2) is 6.02. The summed E-state index contributed by atoms with van der Waals surface area (Å²) in [6.07, 6.45) is 2.11. The Morgan fingerprint density at radius 3 is 2.95 bits per heavy atom. The number of piperidine rings is 1. The molecule has 1 aromatic carbocycles. The highest BCUT2D eigenvalue weighted by Gasteiger charge is 2.20. The molecule has 3 N–H and O–H groups in total. The Bertz CT molecular complexity index is 437. The van der Waals surface area contributed by atoms with E-state index in [9.17, 15) is 14.3 Å². The van der Waals surface area contributed by atoms with Crippen molar-refractivity contribution in [2.24, 2.45) is 5.92 Å². The van der Waals surface area contributed by atoms with Crippen molar-refractivity contribution in [2.45, 2.75) is 25.8 Å². The molecule has 0 aromatic heterocycles. The lowest BCUT2D eigenvalue weighted by Gasteiger charge is -2.27. The molecule has 104 valence electrons. The first-order chi connectivity index (χ1) is 9.08. The number of aromatic hydroxyl groups is 1. The van der Waals surface area contributed by atoms with Crippen LogP contribution in [0.1, 0.15) is 30.1 Å². The molecular formula is C14H19FN2O2. The number of carbonyl (C=O) groups excluding carboxylic acids is 1. The summed E-state index contributed by atoms with van der Waals surface area (Å²) in [5.41, 5.74) is -0.278. The minimum atomic E-state index is -0.701. The van der Waals surface area contributed by atoms with Crippen molar-refractivity contribution < 1.29 is 14.3 Å². The predicted molar refractivity (Wildman–Crippen MR) is 70.6 cm³/mol. The van der Waals surface area contributed by atoms with Crippen LogP contribution in [0.15, 0.2) is 18.2 Å². The number of rotatable bonds is 3. The molecule has 1 saturated heterocycles. The normalized spacial score (nSPS) is 23.1. The first-order valence-electron chi connectivity index (χ1n) is 6.57. The molecule has 4 nitrogen and oxygen atoms in total. The summed E-state index contributed by atoms with van der Waals surface area (Å²) in [4.78, 5) is 11.9. The maximum Gasteiger partial charge on any atom is 0.258 e. The molecule has 1 amide bonds. The van der Waals surface area contributed by atoms with Crippen LogP contribution in [-0.2, 0) is 0 Å². The second-order valence-electron chi connectivity index (χ2n) is 5.10. The van der Waals surface area contributed by atoms with E-state index >= 15 is 0 Å². The fraction of sp³-hybridized carbons (Fsp3) is 0.500. The molecule has 0 saturated carbocycles. The van der Waals surface area contributed by atoms with E-state index in [-0.39, 0.29) is 11.3 Å². The molecule has 2 unspecified atom stereocenters. The maximum atomic E-state index is 13.5. The molecule has 0 aliphatic carbocycles. The molecule has 0 radical (unpaired) electrons. The van der Waals surface area contributed by atoms with Crippen molar-refractivity contribution in [1.29, 1.82) is 0 Å². The quantitative estimate of drug-likeness (QED) is 0.779. The highest BCUT2D eigenvalue weighted by molar-refractivity contribution is 5.97. The number of phenolic OH excluding ortho intramolecular Hbond substituents is 1. The van der Waals surface area contributed by atoms with Crippen LogP contribution in [0.2, 0.25) is 0 Å². The highest BCUT2D eigenvalue weighted by Crippen LogP contribution is 2.20. The van der Waals surface area contributed by atoms with Gasteiger partial charge in [-0.25, -0.2) is 4.39 Å². The SMILES string of the molecule is CC1CCC(CNC(=O)c2c(O)cccc2F)CN1. The Hall–Kier alpha value is -1.62. The Balaban J connectivity index is 1.91. The van der Waals surface area contributed by atoms with Crippen molar-refractivity contribution in [1.82, 2.24) is 10.6 Å². The van der Waals surface area contributed by atoms with Crippen LogP contribution in [0.4, 0.5) is 4.39 Å². The number of amides is 1. The van der Waals surface area contributed by atoms with E-state index in [1.165, 1.54) is 18.2 Å². The second-order valence-corrected chi connectivity index (χ2v) is 5.10. The third kappa shape index (κ3) is 3.44.